The third kappa shape index (κ3) is 4.81. The summed E-state index contributed by atoms with van der Waals surface area (Å²) < 4.78 is 3.06. The zero-order valence-electron chi connectivity index (χ0n) is 6.26. The van der Waals surface area contributed by atoms with Crippen molar-refractivity contribution >= 4 is 22.9 Å². The molecule has 0 spiro atoms. The van der Waals surface area contributed by atoms with Crippen molar-refractivity contribution in [2.45, 2.75) is 19.9 Å². The van der Waals surface area contributed by atoms with Gasteiger partial charge in [-0.3, -0.25) is 3.53 Å². The number of hydrogen-bond acceptors (Lipinski definition) is 2. The Bertz CT molecular complexity index is 141. The van der Waals surface area contributed by atoms with Crippen molar-refractivity contribution < 1.29 is 0 Å². The Morgan fingerprint density at radius 1 is 1.70 bits per heavy atom. The van der Waals surface area contributed by atoms with Crippen LogP contribution in [-0.4, -0.2) is 6.04 Å². The molecule has 0 aromatic heterocycles. The van der Waals surface area contributed by atoms with Crippen LogP contribution in [0.25, 0.3) is 0 Å². The lowest BCUT2D eigenvalue weighted by Crippen LogP contribution is -2.10. The van der Waals surface area contributed by atoms with Crippen molar-refractivity contribution in [2.75, 3.05) is 0 Å². The Kier molecular flexibility index (Phi) is 5.71. The van der Waals surface area contributed by atoms with E-state index in [4.69, 9.17) is 5.73 Å². The molecule has 1 unspecified atom stereocenters. The minimum Gasteiger partial charge on any atom is -0.404 e. The molecular formula is C7H13IN2. The number of nitrogens with two attached hydrogens (primary N) is 1. The van der Waals surface area contributed by atoms with Crippen molar-refractivity contribution in [1.82, 2.24) is 3.53 Å². The Balaban J connectivity index is 3.75. The third-order valence-electron chi connectivity index (χ3n) is 1.08. The fourth-order valence-corrected chi connectivity index (χ4v) is 0.596. The van der Waals surface area contributed by atoms with E-state index >= 15 is 0 Å². The fourth-order valence-electron chi connectivity index (χ4n) is 0.388. The van der Waals surface area contributed by atoms with E-state index in [1.165, 1.54) is 0 Å². The first-order valence-corrected chi connectivity index (χ1v) is 4.21. The second-order valence-corrected chi connectivity index (χ2v) is 2.79. The molecule has 0 aromatic carbocycles. The summed E-state index contributed by atoms with van der Waals surface area (Å²) in [6.07, 6.45) is 5.65. The van der Waals surface area contributed by atoms with Crippen LogP contribution in [0.2, 0.25) is 0 Å². The lowest BCUT2D eigenvalue weighted by molar-refractivity contribution is 0.879. The van der Waals surface area contributed by atoms with Gasteiger partial charge in [0.25, 0.3) is 0 Å². The topological polar surface area (TPSA) is 38.0 Å². The van der Waals surface area contributed by atoms with E-state index in [0.717, 1.165) is 5.57 Å². The summed E-state index contributed by atoms with van der Waals surface area (Å²) in [5.74, 6) is 0. The van der Waals surface area contributed by atoms with Crippen LogP contribution in [0, 0.1) is 0 Å². The molecule has 0 aliphatic heterocycles. The average molecular weight is 252 g/mol. The minimum absolute atomic E-state index is 0.399. The zero-order chi connectivity index (χ0) is 7.98. The highest BCUT2D eigenvalue weighted by Gasteiger charge is 1.88. The van der Waals surface area contributed by atoms with Gasteiger partial charge in [-0.1, -0.05) is 12.2 Å². The van der Waals surface area contributed by atoms with E-state index < -0.39 is 0 Å². The summed E-state index contributed by atoms with van der Waals surface area (Å²) in [7, 11) is 0. The molecule has 0 saturated carbocycles. The molecule has 3 heteroatoms. The van der Waals surface area contributed by atoms with E-state index in [0.29, 0.717) is 6.04 Å². The van der Waals surface area contributed by atoms with Gasteiger partial charge >= 0.3 is 0 Å². The number of hydrogen-bond donors (Lipinski definition) is 2. The molecule has 0 rings (SSSR count). The Labute approximate surface area is 76.1 Å². The lowest BCUT2D eigenvalue weighted by Gasteiger charge is -1.99. The molecular weight excluding hydrogens is 239 g/mol. The first-order valence-electron chi connectivity index (χ1n) is 3.13. The van der Waals surface area contributed by atoms with Gasteiger partial charge in [-0.15, -0.1) is 0 Å². The number of rotatable bonds is 3. The van der Waals surface area contributed by atoms with Gasteiger partial charge in [0.2, 0.25) is 0 Å². The zero-order valence-corrected chi connectivity index (χ0v) is 8.42. The van der Waals surface area contributed by atoms with E-state index in [1.54, 1.807) is 6.20 Å². The first kappa shape index (κ1) is 9.97. The summed E-state index contributed by atoms with van der Waals surface area (Å²) in [6.45, 7) is 4.04. The predicted molar refractivity (Wildman–Crippen MR) is 53.7 cm³/mol. The molecule has 0 radical (unpaired) electrons. The van der Waals surface area contributed by atoms with E-state index in [2.05, 4.69) is 39.4 Å². The van der Waals surface area contributed by atoms with Crippen molar-refractivity contribution in [2.24, 2.45) is 5.73 Å². The van der Waals surface area contributed by atoms with Gasteiger partial charge in [-0.2, -0.15) is 0 Å². The van der Waals surface area contributed by atoms with Crippen LogP contribution >= 0.6 is 22.9 Å². The van der Waals surface area contributed by atoms with Gasteiger partial charge in [0, 0.05) is 28.9 Å². The number of allylic oxidation sites excluding steroid dienone is 2. The van der Waals surface area contributed by atoms with Crippen LogP contribution in [0.5, 0.6) is 0 Å². The highest BCUT2D eigenvalue weighted by Crippen LogP contribution is 1.94. The standard InChI is InChI=1S/C7H13IN2/c1-6(5-9)3-4-7(2)10-8/h3-5,7,10H,9H2,1-2H3/b4-3-,6-5-. The highest BCUT2D eigenvalue weighted by molar-refractivity contribution is 14.1. The Morgan fingerprint density at radius 2 is 2.30 bits per heavy atom. The molecule has 0 fully saturated rings. The molecule has 0 aliphatic rings. The molecule has 0 bridgehead atoms. The summed E-state index contributed by atoms with van der Waals surface area (Å²) in [4.78, 5) is 0. The van der Waals surface area contributed by atoms with Crippen LogP contribution in [0.3, 0.4) is 0 Å². The van der Waals surface area contributed by atoms with Crippen LogP contribution < -0.4 is 9.26 Å². The second-order valence-electron chi connectivity index (χ2n) is 2.17. The van der Waals surface area contributed by atoms with E-state index in [9.17, 15) is 0 Å². The van der Waals surface area contributed by atoms with Crippen molar-refractivity contribution in [3.63, 3.8) is 0 Å². The van der Waals surface area contributed by atoms with Crippen LogP contribution in [0.15, 0.2) is 23.9 Å². The van der Waals surface area contributed by atoms with Gasteiger partial charge < -0.3 is 5.73 Å². The summed E-state index contributed by atoms with van der Waals surface area (Å²) >= 11 is 2.12. The molecule has 0 heterocycles. The van der Waals surface area contributed by atoms with Crippen molar-refractivity contribution in [3.8, 4) is 0 Å². The smallest absolute Gasteiger partial charge is 0.0318 e. The first-order chi connectivity index (χ1) is 4.70. The normalized spacial score (nSPS) is 16.1. The van der Waals surface area contributed by atoms with E-state index in [1.807, 2.05) is 13.0 Å². The summed E-state index contributed by atoms with van der Waals surface area (Å²) in [6, 6.07) is 0.399. The fraction of sp³-hybridized carbons (Fsp3) is 0.429. The summed E-state index contributed by atoms with van der Waals surface area (Å²) in [5.41, 5.74) is 6.35. The summed E-state index contributed by atoms with van der Waals surface area (Å²) in [5, 5.41) is 0. The molecule has 1 atom stereocenters. The van der Waals surface area contributed by atoms with Crippen LogP contribution in [0.4, 0.5) is 0 Å². The van der Waals surface area contributed by atoms with E-state index in [-0.39, 0.29) is 0 Å². The average Bonchev–Trinajstić information content (AvgIpc) is 1.99. The van der Waals surface area contributed by atoms with Crippen molar-refractivity contribution in [3.05, 3.63) is 23.9 Å². The molecule has 0 aromatic rings. The van der Waals surface area contributed by atoms with Gasteiger partial charge in [0.05, 0.1) is 0 Å². The monoisotopic (exact) mass is 252 g/mol. The lowest BCUT2D eigenvalue weighted by atomic mass is 10.2. The highest BCUT2D eigenvalue weighted by atomic mass is 127. The Hall–Kier alpha value is -0.0300. The SMILES string of the molecule is CC(/C=C\C(C)NI)=C/N. The number of halogens is 1. The maximum Gasteiger partial charge on any atom is 0.0318 e. The molecule has 0 aliphatic carbocycles. The largest absolute Gasteiger partial charge is 0.404 e. The molecule has 0 saturated heterocycles. The molecule has 58 valence electrons. The predicted octanol–water partition coefficient (Wildman–Crippen LogP) is 1.73. The Morgan fingerprint density at radius 3 is 2.70 bits per heavy atom. The van der Waals surface area contributed by atoms with Crippen LogP contribution in [0.1, 0.15) is 13.8 Å². The second kappa shape index (κ2) is 5.73. The quantitative estimate of drug-likeness (QED) is 0.456. The van der Waals surface area contributed by atoms with Gasteiger partial charge in [-0.05, 0) is 25.6 Å². The van der Waals surface area contributed by atoms with Crippen LogP contribution in [-0.2, 0) is 0 Å². The maximum absolute atomic E-state index is 5.26. The van der Waals surface area contributed by atoms with Gasteiger partial charge in [-0.25, -0.2) is 0 Å². The number of nitrogens with one attached hydrogen (secondary N) is 1. The van der Waals surface area contributed by atoms with Crippen molar-refractivity contribution in [1.29, 1.82) is 0 Å². The van der Waals surface area contributed by atoms with Gasteiger partial charge in [0.1, 0.15) is 0 Å². The molecule has 0 amide bonds. The maximum atomic E-state index is 5.26. The van der Waals surface area contributed by atoms with Gasteiger partial charge in [0.15, 0.2) is 0 Å². The third-order valence-corrected chi connectivity index (χ3v) is 2.07. The molecule has 10 heavy (non-hydrogen) atoms. The minimum atomic E-state index is 0.399. The molecule has 2 nitrogen and oxygen atoms in total. The molecule has 3 N–H and O–H groups in total.